The normalized spacial score (nSPS) is 11.6. The van der Waals surface area contributed by atoms with Crippen LogP contribution in [0, 0.1) is 13.8 Å². The number of fused-ring (bicyclic) bond motifs is 1. The molecule has 1 N–H and O–H groups in total. The molecule has 0 atom stereocenters. The first-order valence-electron chi connectivity index (χ1n) is 8.28. The Kier molecular flexibility index (Phi) is 6.18. The summed E-state index contributed by atoms with van der Waals surface area (Å²) in [6.07, 6.45) is 1.64. The molecule has 0 radical (unpaired) electrons. The Balaban J connectivity index is 1.73. The van der Waals surface area contributed by atoms with Gasteiger partial charge in [-0.15, -0.1) is 0 Å². The first-order valence-corrected chi connectivity index (χ1v) is 9.87. The molecule has 142 valence electrons. The fraction of sp³-hybridized carbons (Fsp3) is 0.263. The quantitative estimate of drug-likeness (QED) is 0.394. The van der Waals surface area contributed by atoms with Crippen LogP contribution in [0.4, 0.5) is 0 Å². The third-order valence-corrected chi connectivity index (χ3v) is 5.31. The van der Waals surface area contributed by atoms with Crippen molar-refractivity contribution < 1.29 is 13.9 Å². The highest BCUT2D eigenvalue weighted by atomic mass is 79.9. The molecule has 3 rings (SSSR count). The number of amides is 1. The molecule has 8 heteroatoms. The van der Waals surface area contributed by atoms with Gasteiger partial charge in [-0.05, 0) is 54.0 Å². The van der Waals surface area contributed by atoms with Gasteiger partial charge < -0.3 is 13.7 Å². The van der Waals surface area contributed by atoms with Crippen LogP contribution in [0.25, 0.3) is 11.0 Å². The number of hydrogen-bond donors (Lipinski definition) is 1. The fourth-order valence-corrected chi connectivity index (χ4v) is 4.23. The van der Waals surface area contributed by atoms with E-state index in [-0.39, 0.29) is 5.76 Å². The van der Waals surface area contributed by atoms with Crippen LogP contribution in [0.15, 0.2) is 42.7 Å². The summed E-state index contributed by atoms with van der Waals surface area (Å²) in [5.41, 5.74) is 6.27. The number of methoxy groups -OCH3 is 1. The summed E-state index contributed by atoms with van der Waals surface area (Å²) < 4.78 is 14.6. The molecule has 0 aliphatic rings. The predicted molar refractivity (Wildman–Crippen MR) is 112 cm³/mol. The Morgan fingerprint density at radius 1 is 1.30 bits per heavy atom. The number of halogens is 2. The number of hydrazone groups is 1. The average Bonchev–Trinajstić information content (AvgIpc) is 3.15. The lowest BCUT2D eigenvalue weighted by molar-refractivity contribution is 0.0929. The van der Waals surface area contributed by atoms with E-state index < -0.39 is 5.91 Å². The van der Waals surface area contributed by atoms with Gasteiger partial charge >= 0.3 is 5.91 Å². The Labute approximate surface area is 173 Å². The van der Waals surface area contributed by atoms with Gasteiger partial charge in [0.2, 0.25) is 0 Å². The lowest BCUT2D eigenvalue weighted by Crippen LogP contribution is -2.16. The number of ether oxygens (including phenoxy) is 1. The highest BCUT2D eigenvalue weighted by Crippen LogP contribution is 2.30. The zero-order valence-electron chi connectivity index (χ0n) is 15.2. The molecule has 0 aliphatic carbocycles. The lowest BCUT2D eigenvalue weighted by Gasteiger charge is -2.08. The molecule has 2 aromatic heterocycles. The van der Waals surface area contributed by atoms with Crippen LogP contribution in [0.1, 0.15) is 27.5 Å². The summed E-state index contributed by atoms with van der Waals surface area (Å²) in [5.74, 6) is -0.204. The minimum atomic E-state index is -0.404. The Bertz CT molecular complexity index is 1020. The largest absolute Gasteiger partial charge is 0.450 e. The maximum atomic E-state index is 12.3. The molecule has 0 saturated heterocycles. The first kappa shape index (κ1) is 19.9. The van der Waals surface area contributed by atoms with Crippen LogP contribution >= 0.6 is 31.9 Å². The maximum Gasteiger partial charge on any atom is 0.307 e. The van der Waals surface area contributed by atoms with E-state index in [0.29, 0.717) is 12.2 Å². The van der Waals surface area contributed by atoms with Gasteiger partial charge in [0.15, 0.2) is 5.76 Å². The molecule has 0 unspecified atom stereocenters. The van der Waals surface area contributed by atoms with Gasteiger partial charge in [0.1, 0.15) is 5.58 Å². The number of hydrogen-bond acceptors (Lipinski definition) is 4. The van der Waals surface area contributed by atoms with E-state index in [0.717, 1.165) is 37.8 Å². The zero-order valence-corrected chi connectivity index (χ0v) is 18.3. The highest BCUT2D eigenvalue weighted by molar-refractivity contribution is 9.11. The van der Waals surface area contributed by atoms with Gasteiger partial charge in [-0.1, -0.05) is 15.9 Å². The zero-order chi connectivity index (χ0) is 19.6. The number of aromatic nitrogens is 1. The average molecular weight is 497 g/mol. The predicted octanol–water partition coefficient (Wildman–Crippen LogP) is 4.79. The van der Waals surface area contributed by atoms with Crippen molar-refractivity contribution in [3.8, 4) is 0 Å². The standard InChI is InChI=1S/C19H19Br2N3O3/c1-11-6-14(12(2)24(11)4-5-26-3)10-22-23-19(25)17-8-13-7-15(20)9-16(21)18(13)27-17/h6-10H,4-5H2,1-3H3,(H,23,25)/b22-10-. The maximum absolute atomic E-state index is 12.3. The van der Waals surface area contributed by atoms with Crippen molar-refractivity contribution in [3.05, 3.63) is 55.9 Å². The first-order chi connectivity index (χ1) is 12.9. The number of nitrogens with one attached hydrogen (secondary N) is 1. The Morgan fingerprint density at radius 3 is 2.81 bits per heavy atom. The molecule has 0 fully saturated rings. The van der Waals surface area contributed by atoms with Gasteiger partial charge in [-0.3, -0.25) is 4.79 Å². The highest BCUT2D eigenvalue weighted by Gasteiger charge is 2.14. The van der Waals surface area contributed by atoms with Crippen molar-refractivity contribution in [2.24, 2.45) is 5.10 Å². The summed E-state index contributed by atoms with van der Waals surface area (Å²) in [6.45, 7) is 5.46. The van der Waals surface area contributed by atoms with Crippen LogP contribution in [-0.4, -0.2) is 30.4 Å². The second kappa shape index (κ2) is 8.41. The number of benzene rings is 1. The van der Waals surface area contributed by atoms with Crippen molar-refractivity contribution in [2.45, 2.75) is 20.4 Å². The molecule has 0 bridgehead atoms. The molecular formula is C19H19Br2N3O3. The third-order valence-electron chi connectivity index (χ3n) is 4.26. The molecule has 27 heavy (non-hydrogen) atoms. The molecule has 2 heterocycles. The molecule has 1 amide bonds. The summed E-state index contributed by atoms with van der Waals surface area (Å²) in [6, 6.07) is 7.46. The minimum Gasteiger partial charge on any atom is -0.450 e. The van der Waals surface area contributed by atoms with Crippen molar-refractivity contribution in [1.29, 1.82) is 0 Å². The van der Waals surface area contributed by atoms with E-state index >= 15 is 0 Å². The van der Waals surface area contributed by atoms with Gasteiger partial charge in [0.25, 0.3) is 0 Å². The second-order valence-electron chi connectivity index (χ2n) is 6.09. The molecule has 3 aromatic rings. The number of nitrogens with zero attached hydrogens (tertiary/aromatic N) is 2. The van der Waals surface area contributed by atoms with Crippen LogP contribution in [0.2, 0.25) is 0 Å². The number of carbonyl (C=O) groups is 1. The summed E-state index contributed by atoms with van der Waals surface area (Å²) in [4.78, 5) is 12.3. The van der Waals surface area contributed by atoms with Gasteiger partial charge in [0.05, 0.1) is 17.3 Å². The molecule has 0 spiro atoms. The van der Waals surface area contributed by atoms with E-state index in [1.165, 1.54) is 0 Å². The minimum absolute atomic E-state index is 0.200. The van der Waals surface area contributed by atoms with Crippen LogP contribution < -0.4 is 5.43 Å². The van der Waals surface area contributed by atoms with Crippen molar-refractivity contribution in [3.63, 3.8) is 0 Å². The summed E-state index contributed by atoms with van der Waals surface area (Å²) >= 11 is 6.85. The van der Waals surface area contributed by atoms with E-state index in [1.807, 2.05) is 32.0 Å². The number of rotatable bonds is 6. The monoisotopic (exact) mass is 495 g/mol. The number of aryl methyl sites for hydroxylation is 1. The SMILES string of the molecule is COCCn1c(C)cc(/C=N\NC(=O)c2cc3cc(Br)cc(Br)c3o2)c1C. The van der Waals surface area contributed by atoms with E-state index in [9.17, 15) is 4.79 Å². The van der Waals surface area contributed by atoms with E-state index in [1.54, 1.807) is 19.4 Å². The Morgan fingerprint density at radius 2 is 2.07 bits per heavy atom. The topological polar surface area (TPSA) is 68.8 Å². The third kappa shape index (κ3) is 4.34. The smallest absolute Gasteiger partial charge is 0.307 e. The number of carbonyl (C=O) groups excluding carboxylic acids is 1. The van der Waals surface area contributed by atoms with Crippen molar-refractivity contribution in [2.75, 3.05) is 13.7 Å². The Hall–Kier alpha value is -1.90. The van der Waals surface area contributed by atoms with Gasteiger partial charge in [-0.25, -0.2) is 5.43 Å². The van der Waals surface area contributed by atoms with E-state index in [2.05, 4.69) is 47.0 Å². The summed E-state index contributed by atoms with van der Waals surface area (Å²) in [5, 5.41) is 4.90. The summed E-state index contributed by atoms with van der Waals surface area (Å²) in [7, 11) is 1.68. The molecule has 6 nitrogen and oxygen atoms in total. The van der Waals surface area contributed by atoms with Crippen LogP contribution in [0.5, 0.6) is 0 Å². The van der Waals surface area contributed by atoms with Gasteiger partial charge in [0, 0.05) is 40.5 Å². The van der Waals surface area contributed by atoms with Crippen LogP contribution in [-0.2, 0) is 11.3 Å². The van der Waals surface area contributed by atoms with Crippen molar-refractivity contribution >= 4 is 55.0 Å². The molecule has 0 saturated carbocycles. The molecule has 0 aliphatic heterocycles. The number of furan rings is 1. The van der Waals surface area contributed by atoms with Crippen molar-refractivity contribution in [1.82, 2.24) is 9.99 Å². The van der Waals surface area contributed by atoms with Gasteiger partial charge in [-0.2, -0.15) is 5.10 Å². The van der Waals surface area contributed by atoms with Crippen LogP contribution in [0.3, 0.4) is 0 Å². The second-order valence-corrected chi connectivity index (χ2v) is 7.86. The lowest BCUT2D eigenvalue weighted by atomic mass is 10.2. The fourth-order valence-electron chi connectivity index (χ4n) is 2.89. The molecule has 1 aromatic carbocycles. The molecular weight excluding hydrogens is 478 g/mol. The van der Waals surface area contributed by atoms with E-state index in [4.69, 9.17) is 9.15 Å².